The first-order chi connectivity index (χ1) is 9.65. The predicted octanol–water partition coefficient (Wildman–Crippen LogP) is 1.16. The number of hydrogen-bond acceptors (Lipinski definition) is 5. The first-order valence-electron chi connectivity index (χ1n) is 5.88. The second kappa shape index (κ2) is 4.61. The highest BCUT2D eigenvalue weighted by Crippen LogP contribution is 2.16. The molecule has 0 spiro atoms. The number of nitrogen functional groups attached to an aromatic ring is 1. The van der Waals surface area contributed by atoms with Crippen LogP contribution in [0, 0.1) is 0 Å². The first-order valence-corrected chi connectivity index (χ1v) is 5.88. The molecule has 0 aliphatic heterocycles. The molecule has 1 aromatic carbocycles. The summed E-state index contributed by atoms with van der Waals surface area (Å²) in [5.41, 5.74) is 8.15. The second-order valence-corrected chi connectivity index (χ2v) is 4.31. The molecule has 2 aromatic heterocycles. The van der Waals surface area contributed by atoms with Crippen LogP contribution in [-0.4, -0.2) is 30.6 Å². The van der Waals surface area contributed by atoms with E-state index in [9.17, 15) is 4.79 Å². The zero-order valence-corrected chi connectivity index (χ0v) is 10.4. The van der Waals surface area contributed by atoms with E-state index in [1.54, 1.807) is 30.6 Å². The van der Waals surface area contributed by atoms with Gasteiger partial charge in [0.15, 0.2) is 11.5 Å². The van der Waals surface area contributed by atoms with Gasteiger partial charge >= 0.3 is 5.97 Å². The number of nitrogens with two attached hydrogens (primary N) is 1. The minimum absolute atomic E-state index is 0.260. The molecule has 0 unspecified atom stereocenters. The molecule has 7 heteroatoms. The largest absolute Gasteiger partial charge is 0.478 e. The highest BCUT2D eigenvalue weighted by atomic mass is 16.4. The van der Waals surface area contributed by atoms with E-state index in [2.05, 4.69) is 15.0 Å². The van der Waals surface area contributed by atoms with E-state index in [0.29, 0.717) is 23.5 Å². The number of carboxylic acids is 1. The van der Waals surface area contributed by atoms with Crippen molar-refractivity contribution < 1.29 is 9.90 Å². The molecule has 0 amide bonds. The normalized spacial score (nSPS) is 10.8. The minimum Gasteiger partial charge on any atom is -0.478 e. The Morgan fingerprint density at radius 1 is 1.20 bits per heavy atom. The van der Waals surface area contributed by atoms with Crippen LogP contribution in [-0.2, 0) is 6.54 Å². The van der Waals surface area contributed by atoms with E-state index in [1.165, 1.54) is 6.33 Å². The van der Waals surface area contributed by atoms with Crippen molar-refractivity contribution in [3.63, 3.8) is 0 Å². The SMILES string of the molecule is Nc1ncnc2c1ncn2Cc1ccc(C(=O)O)cc1. The summed E-state index contributed by atoms with van der Waals surface area (Å²) < 4.78 is 1.84. The number of carboxylic acid groups (broad SMARTS) is 1. The standard InChI is InChI=1S/C13H11N5O2/c14-11-10-12(16-6-15-11)18(7-17-10)5-8-1-3-9(4-2-8)13(19)20/h1-4,6-7H,5H2,(H,19,20)(H2,14,15,16). The maximum Gasteiger partial charge on any atom is 0.335 e. The molecule has 3 N–H and O–H groups in total. The van der Waals surface area contributed by atoms with E-state index in [4.69, 9.17) is 10.8 Å². The van der Waals surface area contributed by atoms with Gasteiger partial charge in [-0.2, -0.15) is 0 Å². The van der Waals surface area contributed by atoms with Gasteiger partial charge in [-0.3, -0.25) is 0 Å². The summed E-state index contributed by atoms with van der Waals surface area (Å²) >= 11 is 0. The highest BCUT2D eigenvalue weighted by Gasteiger charge is 2.08. The first kappa shape index (κ1) is 12.1. The molecule has 0 atom stereocenters. The molecule has 3 rings (SSSR count). The summed E-state index contributed by atoms with van der Waals surface area (Å²) in [6.45, 7) is 0.535. The third-order valence-electron chi connectivity index (χ3n) is 2.98. The number of fused-ring (bicyclic) bond motifs is 1. The van der Waals surface area contributed by atoms with Crippen molar-refractivity contribution in [1.82, 2.24) is 19.5 Å². The van der Waals surface area contributed by atoms with Crippen molar-refractivity contribution in [3.05, 3.63) is 48.0 Å². The van der Waals surface area contributed by atoms with Crippen molar-refractivity contribution >= 4 is 23.0 Å². The smallest absolute Gasteiger partial charge is 0.335 e. The predicted molar refractivity (Wildman–Crippen MR) is 72.2 cm³/mol. The van der Waals surface area contributed by atoms with Gasteiger partial charge in [0.25, 0.3) is 0 Å². The van der Waals surface area contributed by atoms with Gasteiger partial charge in [-0.05, 0) is 17.7 Å². The Morgan fingerprint density at radius 2 is 1.95 bits per heavy atom. The number of anilines is 1. The van der Waals surface area contributed by atoms with Gasteiger partial charge in [0.2, 0.25) is 0 Å². The van der Waals surface area contributed by atoms with E-state index in [0.717, 1.165) is 5.56 Å². The van der Waals surface area contributed by atoms with Gasteiger partial charge in [-0.15, -0.1) is 0 Å². The van der Waals surface area contributed by atoms with Crippen molar-refractivity contribution in [3.8, 4) is 0 Å². The zero-order valence-electron chi connectivity index (χ0n) is 10.4. The fourth-order valence-electron chi connectivity index (χ4n) is 1.96. The molecule has 0 saturated carbocycles. The number of imidazole rings is 1. The molecule has 0 bridgehead atoms. The molecular formula is C13H11N5O2. The van der Waals surface area contributed by atoms with E-state index < -0.39 is 5.97 Å². The minimum atomic E-state index is -0.940. The Balaban J connectivity index is 1.93. The fourth-order valence-corrected chi connectivity index (χ4v) is 1.96. The van der Waals surface area contributed by atoms with Crippen molar-refractivity contribution in [2.24, 2.45) is 0 Å². The van der Waals surface area contributed by atoms with Crippen molar-refractivity contribution in [2.45, 2.75) is 6.54 Å². The topological polar surface area (TPSA) is 107 Å². The summed E-state index contributed by atoms with van der Waals surface area (Å²) in [5, 5.41) is 8.86. The molecule has 0 aliphatic carbocycles. The highest BCUT2D eigenvalue weighted by molar-refractivity contribution is 5.87. The van der Waals surface area contributed by atoms with Crippen LogP contribution in [0.5, 0.6) is 0 Å². The lowest BCUT2D eigenvalue weighted by Crippen LogP contribution is -2.02. The van der Waals surface area contributed by atoms with Gasteiger partial charge in [-0.25, -0.2) is 19.7 Å². The van der Waals surface area contributed by atoms with Gasteiger partial charge in [0.05, 0.1) is 18.4 Å². The van der Waals surface area contributed by atoms with Gasteiger partial charge < -0.3 is 15.4 Å². The van der Waals surface area contributed by atoms with Crippen LogP contribution in [0.3, 0.4) is 0 Å². The van der Waals surface area contributed by atoms with Crippen molar-refractivity contribution in [2.75, 3.05) is 5.73 Å². The molecule has 100 valence electrons. The summed E-state index contributed by atoms with van der Waals surface area (Å²) in [7, 11) is 0. The zero-order chi connectivity index (χ0) is 14.1. The lowest BCUT2D eigenvalue weighted by Gasteiger charge is -2.04. The summed E-state index contributed by atoms with van der Waals surface area (Å²) in [6, 6.07) is 6.67. The Kier molecular flexibility index (Phi) is 2.79. The second-order valence-electron chi connectivity index (χ2n) is 4.31. The van der Waals surface area contributed by atoms with Crippen molar-refractivity contribution in [1.29, 1.82) is 0 Å². The number of hydrogen-bond donors (Lipinski definition) is 2. The molecule has 20 heavy (non-hydrogen) atoms. The van der Waals surface area contributed by atoms with Crippen LogP contribution < -0.4 is 5.73 Å². The van der Waals surface area contributed by atoms with Crippen LogP contribution in [0.25, 0.3) is 11.2 Å². The van der Waals surface area contributed by atoms with Crippen LogP contribution in [0.2, 0.25) is 0 Å². The van der Waals surface area contributed by atoms with Crippen LogP contribution in [0.4, 0.5) is 5.82 Å². The molecule has 0 saturated heterocycles. The Bertz CT molecular complexity index is 779. The van der Waals surface area contributed by atoms with Crippen LogP contribution >= 0.6 is 0 Å². The number of aromatic carboxylic acids is 1. The average Bonchev–Trinajstić information content (AvgIpc) is 2.84. The maximum absolute atomic E-state index is 10.8. The lowest BCUT2D eigenvalue weighted by atomic mass is 10.1. The van der Waals surface area contributed by atoms with E-state index >= 15 is 0 Å². The Morgan fingerprint density at radius 3 is 2.65 bits per heavy atom. The molecule has 3 aromatic rings. The average molecular weight is 269 g/mol. The van der Waals surface area contributed by atoms with Crippen LogP contribution in [0.1, 0.15) is 15.9 Å². The lowest BCUT2D eigenvalue weighted by molar-refractivity contribution is 0.0697. The van der Waals surface area contributed by atoms with Gasteiger partial charge in [0, 0.05) is 0 Å². The Hall–Kier alpha value is -2.96. The molecule has 0 fully saturated rings. The third-order valence-corrected chi connectivity index (χ3v) is 2.98. The summed E-state index contributed by atoms with van der Waals surface area (Å²) in [4.78, 5) is 23.0. The summed E-state index contributed by atoms with van der Waals surface area (Å²) in [6.07, 6.45) is 3.03. The maximum atomic E-state index is 10.8. The monoisotopic (exact) mass is 269 g/mol. The fraction of sp³-hybridized carbons (Fsp3) is 0.0769. The summed E-state index contributed by atoms with van der Waals surface area (Å²) in [5.74, 6) is -0.597. The molecule has 0 radical (unpaired) electrons. The third kappa shape index (κ3) is 2.05. The number of benzene rings is 1. The molecular weight excluding hydrogens is 258 g/mol. The molecule has 2 heterocycles. The number of aromatic nitrogens is 4. The van der Waals surface area contributed by atoms with Crippen LogP contribution in [0.15, 0.2) is 36.9 Å². The number of rotatable bonds is 3. The molecule has 7 nitrogen and oxygen atoms in total. The van der Waals surface area contributed by atoms with Gasteiger partial charge in [-0.1, -0.05) is 12.1 Å². The quantitative estimate of drug-likeness (QED) is 0.738. The number of nitrogens with zero attached hydrogens (tertiary/aromatic N) is 4. The van der Waals surface area contributed by atoms with E-state index in [-0.39, 0.29) is 5.56 Å². The Labute approximate surface area is 113 Å². The van der Waals surface area contributed by atoms with Gasteiger partial charge in [0.1, 0.15) is 11.8 Å². The molecule has 0 aliphatic rings. The van der Waals surface area contributed by atoms with E-state index in [1.807, 2.05) is 4.57 Å². The number of carbonyl (C=O) groups is 1.